The second kappa shape index (κ2) is 6.20. The Morgan fingerprint density at radius 2 is 1.96 bits per heavy atom. The highest BCUT2D eigenvalue weighted by Gasteiger charge is 2.18. The monoisotopic (exact) mass is 333 g/mol. The number of rotatable bonds is 4. The summed E-state index contributed by atoms with van der Waals surface area (Å²) in [6.45, 7) is 1.88. The van der Waals surface area contributed by atoms with E-state index in [1.54, 1.807) is 18.2 Å². The molecule has 0 spiro atoms. The standard InChI is InChI=1S/C18H15N5O2/c1-12(17-10-13-6-2-5-9-16(13)25-17)20-18(24)14-7-3-4-8-15(14)23-11-19-21-22-23/h2-12H,1H3,(H,20,24). The molecule has 1 amide bonds. The van der Waals surface area contributed by atoms with Crippen LogP contribution in [0.1, 0.15) is 29.1 Å². The van der Waals surface area contributed by atoms with Crippen LogP contribution in [0.4, 0.5) is 0 Å². The van der Waals surface area contributed by atoms with Crippen molar-refractivity contribution in [3.8, 4) is 5.69 Å². The number of carbonyl (C=O) groups excluding carboxylic acids is 1. The van der Waals surface area contributed by atoms with Gasteiger partial charge in [-0.3, -0.25) is 4.79 Å². The molecule has 124 valence electrons. The van der Waals surface area contributed by atoms with Crippen molar-refractivity contribution in [1.82, 2.24) is 25.5 Å². The minimum absolute atomic E-state index is 0.223. The lowest BCUT2D eigenvalue weighted by Gasteiger charge is -2.13. The van der Waals surface area contributed by atoms with Crippen LogP contribution >= 0.6 is 0 Å². The minimum atomic E-state index is -0.276. The summed E-state index contributed by atoms with van der Waals surface area (Å²) in [6, 6.07) is 16.6. The van der Waals surface area contributed by atoms with E-state index in [-0.39, 0.29) is 11.9 Å². The van der Waals surface area contributed by atoms with Crippen LogP contribution in [0.25, 0.3) is 16.7 Å². The Bertz CT molecular complexity index is 990. The maximum Gasteiger partial charge on any atom is 0.254 e. The molecule has 7 nitrogen and oxygen atoms in total. The van der Waals surface area contributed by atoms with E-state index in [2.05, 4.69) is 20.8 Å². The molecule has 0 radical (unpaired) electrons. The molecule has 2 heterocycles. The van der Waals surface area contributed by atoms with E-state index in [4.69, 9.17) is 4.42 Å². The predicted molar refractivity (Wildman–Crippen MR) is 91.2 cm³/mol. The van der Waals surface area contributed by atoms with E-state index in [9.17, 15) is 4.79 Å². The van der Waals surface area contributed by atoms with E-state index >= 15 is 0 Å². The lowest BCUT2D eigenvalue weighted by atomic mass is 10.1. The molecule has 7 heteroatoms. The van der Waals surface area contributed by atoms with Crippen LogP contribution in [0, 0.1) is 0 Å². The van der Waals surface area contributed by atoms with Gasteiger partial charge in [0.2, 0.25) is 0 Å². The van der Waals surface area contributed by atoms with Gasteiger partial charge >= 0.3 is 0 Å². The van der Waals surface area contributed by atoms with Crippen LogP contribution in [0.3, 0.4) is 0 Å². The number of nitrogens with zero attached hydrogens (tertiary/aromatic N) is 4. The van der Waals surface area contributed by atoms with Gasteiger partial charge in [-0.15, -0.1) is 5.10 Å². The number of para-hydroxylation sites is 2. The average Bonchev–Trinajstić information content (AvgIpc) is 3.31. The fourth-order valence-corrected chi connectivity index (χ4v) is 2.70. The molecule has 0 fully saturated rings. The van der Waals surface area contributed by atoms with Crippen molar-refractivity contribution < 1.29 is 9.21 Å². The molecule has 0 saturated carbocycles. The Kier molecular flexibility index (Phi) is 3.74. The Labute approximate surface area is 143 Å². The van der Waals surface area contributed by atoms with Crippen molar-refractivity contribution in [3.63, 3.8) is 0 Å². The number of aromatic nitrogens is 4. The van der Waals surface area contributed by atoms with E-state index in [0.717, 1.165) is 11.0 Å². The molecule has 1 unspecified atom stereocenters. The van der Waals surface area contributed by atoms with Gasteiger partial charge in [0, 0.05) is 5.39 Å². The maximum absolute atomic E-state index is 12.7. The molecule has 4 aromatic rings. The molecule has 0 saturated heterocycles. The first-order valence-corrected chi connectivity index (χ1v) is 7.84. The third-order valence-corrected chi connectivity index (χ3v) is 3.96. The zero-order valence-electron chi connectivity index (χ0n) is 13.5. The largest absolute Gasteiger partial charge is 0.459 e. The van der Waals surface area contributed by atoms with Gasteiger partial charge in [-0.05, 0) is 41.6 Å². The molecule has 2 aromatic carbocycles. The molecule has 1 N–H and O–H groups in total. The van der Waals surface area contributed by atoms with Crippen molar-refractivity contribution >= 4 is 16.9 Å². The zero-order valence-corrected chi connectivity index (χ0v) is 13.5. The van der Waals surface area contributed by atoms with Crippen LogP contribution in [0.15, 0.2) is 65.3 Å². The summed E-state index contributed by atoms with van der Waals surface area (Å²) < 4.78 is 7.28. The lowest BCUT2D eigenvalue weighted by Crippen LogP contribution is -2.27. The minimum Gasteiger partial charge on any atom is -0.459 e. The summed E-state index contributed by atoms with van der Waals surface area (Å²) in [7, 11) is 0. The van der Waals surface area contributed by atoms with E-state index in [0.29, 0.717) is 17.0 Å². The molecule has 0 aliphatic carbocycles. The summed E-state index contributed by atoms with van der Waals surface area (Å²) in [6.07, 6.45) is 1.45. The summed E-state index contributed by atoms with van der Waals surface area (Å²) in [5, 5.41) is 15.1. The van der Waals surface area contributed by atoms with Gasteiger partial charge in [-0.25, -0.2) is 0 Å². The van der Waals surface area contributed by atoms with Crippen LogP contribution in [-0.4, -0.2) is 26.1 Å². The van der Waals surface area contributed by atoms with Crippen molar-refractivity contribution in [2.24, 2.45) is 0 Å². The Balaban J connectivity index is 1.60. The first kappa shape index (κ1) is 15.1. The highest BCUT2D eigenvalue weighted by molar-refractivity contribution is 5.98. The van der Waals surface area contributed by atoms with E-state index < -0.39 is 0 Å². The summed E-state index contributed by atoms with van der Waals surface area (Å²) in [5.41, 5.74) is 1.90. The Hall–Kier alpha value is -3.48. The smallest absolute Gasteiger partial charge is 0.254 e. The number of hydrogen-bond acceptors (Lipinski definition) is 5. The second-order valence-corrected chi connectivity index (χ2v) is 5.65. The molecular weight excluding hydrogens is 318 g/mol. The first-order valence-electron chi connectivity index (χ1n) is 7.84. The number of tetrazole rings is 1. The fourth-order valence-electron chi connectivity index (χ4n) is 2.70. The molecule has 0 bridgehead atoms. The summed E-state index contributed by atoms with van der Waals surface area (Å²) >= 11 is 0. The number of furan rings is 1. The number of nitrogens with one attached hydrogen (secondary N) is 1. The molecule has 0 aliphatic rings. The molecule has 1 atom stereocenters. The van der Waals surface area contributed by atoms with Gasteiger partial charge in [0.15, 0.2) is 0 Å². The second-order valence-electron chi connectivity index (χ2n) is 5.65. The van der Waals surface area contributed by atoms with Gasteiger partial charge in [0.1, 0.15) is 17.7 Å². The average molecular weight is 333 g/mol. The van der Waals surface area contributed by atoms with Gasteiger partial charge in [-0.1, -0.05) is 30.3 Å². The third-order valence-electron chi connectivity index (χ3n) is 3.96. The highest BCUT2D eigenvalue weighted by atomic mass is 16.3. The lowest BCUT2D eigenvalue weighted by molar-refractivity contribution is 0.0935. The molecule has 25 heavy (non-hydrogen) atoms. The Morgan fingerprint density at radius 1 is 1.16 bits per heavy atom. The number of benzene rings is 2. The van der Waals surface area contributed by atoms with Gasteiger partial charge in [0.05, 0.1) is 17.3 Å². The third kappa shape index (κ3) is 2.87. The molecule has 4 rings (SSSR count). The zero-order chi connectivity index (χ0) is 17.2. The number of carbonyl (C=O) groups is 1. The predicted octanol–water partition coefficient (Wildman–Crippen LogP) is 2.90. The SMILES string of the molecule is CC(NC(=O)c1ccccc1-n1cnnn1)c1cc2ccccc2o1. The number of fused-ring (bicyclic) bond motifs is 1. The van der Waals surface area contributed by atoms with Crippen LogP contribution in [0.5, 0.6) is 0 Å². The van der Waals surface area contributed by atoms with Crippen LogP contribution < -0.4 is 5.32 Å². The van der Waals surface area contributed by atoms with Crippen molar-refractivity contribution in [2.75, 3.05) is 0 Å². The summed E-state index contributed by atoms with van der Waals surface area (Å²) in [5.74, 6) is 0.480. The van der Waals surface area contributed by atoms with Crippen molar-refractivity contribution in [2.45, 2.75) is 13.0 Å². The first-order chi connectivity index (χ1) is 12.2. The van der Waals surface area contributed by atoms with Crippen molar-refractivity contribution in [1.29, 1.82) is 0 Å². The Morgan fingerprint density at radius 3 is 2.76 bits per heavy atom. The quantitative estimate of drug-likeness (QED) is 0.620. The maximum atomic E-state index is 12.7. The molecular formula is C18H15N5O2. The topological polar surface area (TPSA) is 85.8 Å². The van der Waals surface area contributed by atoms with E-state index in [1.165, 1.54) is 11.0 Å². The highest BCUT2D eigenvalue weighted by Crippen LogP contribution is 2.24. The van der Waals surface area contributed by atoms with Gasteiger partial charge in [0.25, 0.3) is 5.91 Å². The molecule has 0 aliphatic heterocycles. The normalized spacial score (nSPS) is 12.2. The number of hydrogen-bond donors (Lipinski definition) is 1. The van der Waals surface area contributed by atoms with Crippen molar-refractivity contribution in [3.05, 3.63) is 72.2 Å². The summed E-state index contributed by atoms with van der Waals surface area (Å²) in [4.78, 5) is 12.7. The fraction of sp³-hybridized carbons (Fsp3) is 0.111. The van der Waals surface area contributed by atoms with E-state index in [1.807, 2.05) is 43.3 Å². The van der Waals surface area contributed by atoms with Gasteiger partial charge < -0.3 is 9.73 Å². The van der Waals surface area contributed by atoms with Crippen LogP contribution in [0.2, 0.25) is 0 Å². The number of amides is 1. The molecule has 2 aromatic heterocycles. The van der Waals surface area contributed by atoms with Crippen LogP contribution in [-0.2, 0) is 0 Å². The van der Waals surface area contributed by atoms with Gasteiger partial charge in [-0.2, -0.15) is 4.68 Å².